The predicted molar refractivity (Wildman–Crippen MR) is 149 cm³/mol. The van der Waals surface area contributed by atoms with E-state index in [1.165, 1.54) is 6.07 Å². The number of rotatable bonds is 6. The van der Waals surface area contributed by atoms with Gasteiger partial charge in [0.2, 0.25) is 0 Å². The minimum absolute atomic E-state index is 0.239. The van der Waals surface area contributed by atoms with E-state index >= 15 is 0 Å². The van der Waals surface area contributed by atoms with Gasteiger partial charge in [0, 0.05) is 55.1 Å². The van der Waals surface area contributed by atoms with Crippen molar-refractivity contribution in [2.45, 2.75) is 32.5 Å². The summed E-state index contributed by atoms with van der Waals surface area (Å²) >= 11 is 6.03. The lowest BCUT2D eigenvalue weighted by Gasteiger charge is -2.36. The molecule has 0 aliphatic carbocycles. The molecule has 0 saturated carbocycles. The van der Waals surface area contributed by atoms with Gasteiger partial charge in [-0.05, 0) is 67.8 Å². The molecule has 0 atom stereocenters. The summed E-state index contributed by atoms with van der Waals surface area (Å²) < 4.78 is 6.11. The highest BCUT2D eigenvalue weighted by atomic mass is 35.5. The van der Waals surface area contributed by atoms with E-state index in [1.807, 2.05) is 24.3 Å². The standard InChI is InChI=1S/C30H32ClN3O4/c1-30(2,37)20-7-10-28-24(17-20)22(23-5-3-11-32-26(23)19-38-28)6-4-12-33-13-15-34(16-14-33)27-9-8-21(31)18-25(27)29(35)36/h3,5-11,17-18,37H,4,12-16,19H2,1-2H3,(H,35,36)/b22-6+. The van der Waals surface area contributed by atoms with E-state index in [4.69, 9.17) is 16.3 Å². The highest BCUT2D eigenvalue weighted by Gasteiger charge is 2.25. The predicted octanol–water partition coefficient (Wildman–Crippen LogP) is 5.20. The number of pyridine rings is 1. The van der Waals surface area contributed by atoms with Crippen LogP contribution < -0.4 is 9.64 Å². The van der Waals surface area contributed by atoms with Gasteiger partial charge in [-0.3, -0.25) is 9.88 Å². The van der Waals surface area contributed by atoms with Gasteiger partial charge in [-0.25, -0.2) is 4.79 Å². The number of carboxylic acids is 1. The van der Waals surface area contributed by atoms with Gasteiger partial charge in [-0.1, -0.05) is 29.8 Å². The lowest BCUT2D eigenvalue weighted by atomic mass is 9.90. The van der Waals surface area contributed by atoms with Crippen LogP contribution >= 0.6 is 11.6 Å². The van der Waals surface area contributed by atoms with Crippen molar-refractivity contribution in [3.63, 3.8) is 0 Å². The van der Waals surface area contributed by atoms with Crippen molar-refractivity contribution in [1.29, 1.82) is 0 Å². The number of aliphatic hydroxyl groups is 1. The van der Waals surface area contributed by atoms with E-state index in [0.29, 0.717) is 17.3 Å². The largest absolute Gasteiger partial charge is 0.487 e. The number of halogens is 1. The molecule has 38 heavy (non-hydrogen) atoms. The maximum Gasteiger partial charge on any atom is 0.337 e. The number of fused-ring (bicyclic) bond motifs is 2. The van der Waals surface area contributed by atoms with E-state index in [1.54, 1.807) is 32.2 Å². The molecule has 2 aromatic carbocycles. The first-order valence-corrected chi connectivity index (χ1v) is 13.2. The van der Waals surface area contributed by atoms with Crippen molar-refractivity contribution < 1.29 is 19.7 Å². The number of benzene rings is 2. The monoisotopic (exact) mass is 533 g/mol. The van der Waals surface area contributed by atoms with E-state index in [-0.39, 0.29) is 5.56 Å². The molecule has 0 radical (unpaired) electrons. The van der Waals surface area contributed by atoms with Crippen molar-refractivity contribution in [2.24, 2.45) is 0 Å². The first kappa shape index (κ1) is 26.2. The Morgan fingerprint density at radius 2 is 1.89 bits per heavy atom. The lowest BCUT2D eigenvalue weighted by Crippen LogP contribution is -2.47. The fraction of sp³-hybridized carbons (Fsp3) is 0.333. The number of aromatic nitrogens is 1. The third kappa shape index (κ3) is 5.55. The number of anilines is 1. The number of piperazine rings is 1. The smallest absolute Gasteiger partial charge is 0.337 e. The summed E-state index contributed by atoms with van der Waals surface area (Å²) in [6.45, 7) is 8.02. The number of hydrogen-bond acceptors (Lipinski definition) is 6. The number of ether oxygens (including phenoxy) is 1. The van der Waals surface area contributed by atoms with Crippen molar-refractivity contribution >= 4 is 28.8 Å². The Morgan fingerprint density at radius 1 is 1.11 bits per heavy atom. The summed E-state index contributed by atoms with van der Waals surface area (Å²) in [6, 6.07) is 14.9. The van der Waals surface area contributed by atoms with Gasteiger partial charge in [0.1, 0.15) is 12.4 Å². The molecule has 0 unspecified atom stereocenters. The third-order valence-corrected chi connectivity index (χ3v) is 7.45. The Kier molecular flexibility index (Phi) is 7.43. The molecular formula is C30H32ClN3O4. The zero-order valence-corrected chi connectivity index (χ0v) is 22.4. The second-order valence-corrected chi connectivity index (χ2v) is 10.7. The van der Waals surface area contributed by atoms with Crippen LogP contribution in [0.5, 0.6) is 5.75 Å². The van der Waals surface area contributed by atoms with Crippen molar-refractivity contribution in [3.05, 3.63) is 93.8 Å². The van der Waals surface area contributed by atoms with Gasteiger partial charge in [-0.2, -0.15) is 0 Å². The molecule has 2 N–H and O–H groups in total. The molecule has 5 rings (SSSR count). The number of aromatic carboxylic acids is 1. The second kappa shape index (κ2) is 10.8. The maximum atomic E-state index is 11.7. The Bertz CT molecular complexity index is 1370. The van der Waals surface area contributed by atoms with Crippen LogP contribution in [0.4, 0.5) is 5.69 Å². The molecule has 3 aromatic rings. The summed E-state index contributed by atoms with van der Waals surface area (Å²) in [5.41, 5.74) is 4.79. The molecule has 0 spiro atoms. The van der Waals surface area contributed by atoms with Crippen molar-refractivity contribution in [1.82, 2.24) is 9.88 Å². The lowest BCUT2D eigenvalue weighted by molar-refractivity contribution is 0.0696. The molecule has 3 heterocycles. The van der Waals surface area contributed by atoms with Crippen LogP contribution in [0, 0.1) is 0 Å². The minimum Gasteiger partial charge on any atom is -0.487 e. The van der Waals surface area contributed by atoms with Crippen LogP contribution in [-0.4, -0.2) is 58.8 Å². The highest BCUT2D eigenvalue weighted by molar-refractivity contribution is 6.31. The molecule has 8 heteroatoms. The Morgan fingerprint density at radius 3 is 2.63 bits per heavy atom. The Labute approximate surface area is 227 Å². The quantitative estimate of drug-likeness (QED) is 0.450. The zero-order chi connectivity index (χ0) is 26.9. The van der Waals surface area contributed by atoms with Gasteiger partial charge < -0.3 is 19.8 Å². The zero-order valence-electron chi connectivity index (χ0n) is 21.7. The summed E-state index contributed by atoms with van der Waals surface area (Å²) in [4.78, 5) is 20.8. The van der Waals surface area contributed by atoms with E-state index in [2.05, 4.69) is 26.9 Å². The van der Waals surface area contributed by atoms with Crippen LogP contribution in [0.3, 0.4) is 0 Å². The van der Waals surface area contributed by atoms with E-state index in [0.717, 1.165) is 72.9 Å². The van der Waals surface area contributed by atoms with Crippen LogP contribution in [-0.2, 0) is 12.2 Å². The van der Waals surface area contributed by atoms with Gasteiger partial charge in [0.05, 0.1) is 22.5 Å². The molecular weight excluding hydrogens is 502 g/mol. The molecule has 1 fully saturated rings. The summed E-state index contributed by atoms with van der Waals surface area (Å²) in [5.74, 6) is -0.181. The van der Waals surface area contributed by atoms with Gasteiger partial charge in [-0.15, -0.1) is 0 Å². The fourth-order valence-corrected chi connectivity index (χ4v) is 5.29. The average molecular weight is 534 g/mol. The molecule has 1 saturated heterocycles. The second-order valence-electron chi connectivity index (χ2n) is 10.3. The van der Waals surface area contributed by atoms with Gasteiger partial charge >= 0.3 is 5.97 Å². The molecule has 0 bridgehead atoms. The van der Waals surface area contributed by atoms with E-state index in [9.17, 15) is 15.0 Å². The number of hydrogen-bond donors (Lipinski definition) is 2. The molecule has 7 nitrogen and oxygen atoms in total. The topological polar surface area (TPSA) is 86.1 Å². The Balaban J connectivity index is 1.33. The summed E-state index contributed by atoms with van der Waals surface area (Å²) in [5, 5.41) is 20.7. The third-order valence-electron chi connectivity index (χ3n) is 7.22. The first-order valence-electron chi connectivity index (χ1n) is 12.9. The van der Waals surface area contributed by atoms with Gasteiger partial charge in [0.25, 0.3) is 0 Å². The van der Waals surface area contributed by atoms with Crippen molar-refractivity contribution in [2.75, 3.05) is 37.6 Å². The molecule has 2 aliphatic rings. The summed E-state index contributed by atoms with van der Waals surface area (Å²) in [6.07, 6.45) is 4.86. The highest BCUT2D eigenvalue weighted by Crippen LogP contribution is 2.38. The molecule has 2 aliphatic heterocycles. The average Bonchev–Trinajstić information content (AvgIpc) is 3.05. The van der Waals surface area contributed by atoms with Crippen LogP contribution in [0.1, 0.15) is 53.0 Å². The fourth-order valence-electron chi connectivity index (χ4n) is 5.12. The molecule has 0 amide bonds. The molecule has 1 aromatic heterocycles. The first-order chi connectivity index (χ1) is 18.2. The molecule has 198 valence electrons. The van der Waals surface area contributed by atoms with Gasteiger partial charge in [0.15, 0.2) is 0 Å². The van der Waals surface area contributed by atoms with Crippen LogP contribution in [0.25, 0.3) is 5.57 Å². The van der Waals surface area contributed by atoms with E-state index < -0.39 is 11.6 Å². The number of nitrogens with zero attached hydrogens (tertiary/aromatic N) is 3. The van der Waals surface area contributed by atoms with Crippen molar-refractivity contribution in [3.8, 4) is 5.75 Å². The Hall–Kier alpha value is -3.39. The SMILES string of the molecule is CC(C)(O)c1ccc2c(c1)/C(=C/CCN1CCN(c3ccc(Cl)cc3C(=O)O)CC1)c1cccnc1CO2. The summed E-state index contributed by atoms with van der Waals surface area (Å²) in [7, 11) is 0. The normalized spacial score (nSPS) is 16.9. The van der Waals surface area contributed by atoms with Crippen LogP contribution in [0.15, 0.2) is 60.8 Å². The van der Waals surface area contributed by atoms with Crippen LogP contribution in [0.2, 0.25) is 5.02 Å². The number of carbonyl (C=O) groups is 1. The number of carboxylic acid groups (broad SMARTS) is 1. The maximum absolute atomic E-state index is 11.7. The minimum atomic E-state index is -0.966.